The molecule has 2 heterocycles. The summed E-state index contributed by atoms with van der Waals surface area (Å²) < 4.78 is 17.2. The van der Waals surface area contributed by atoms with Crippen LogP contribution in [0.15, 0.2) is 35.7 Å². The van der Waals surface area contributed by atoms with Crippen LogP contribution >= 0.6 is 11.3 Å². The molecule has 0 saturated carbocycles. The molecule has 342 valence electrons. The van der Waals surface area contributed by atoms with E-state index in [0.717, 1.165) is 18.4 Å². The van der Waals surface area contributed by atoms with Gasteiger partial charge in [-0.25, -0.2) is 9.78 Å². The molecular formula is C45H72N6O9S. The quantitative estimate of drug-likeness (QED) is 0.128. The Morgan fingerprint density at radius 3 is 2.18 bits per heavy atom. The van der Waals surface area contributed by atoms with Gasteiger partial charge >= 0.3 is 5.97 Å². The molecule has 0 spiro atoms. The summed E-state index contributed by atoms with van der Waals surface area (Å²) in [6.45, 7) is 13.6. The fourth-order valence-electron chi connectivity index (χ4n) is 8.52. The van der Waals surface area contributed by atoms with Crippen LogP contribution in [0.2, 0.25) is 0 Å². The number of aliphatic hydroxyl groups is 1. The lowest BCUT2D eigenvalue weighted by atomic mass is 9.89. The number of esters is 1. The molecule has 0 aliphatic carbocycles. The highest BCUT2D eigenvalue weighted by Crippen LogP contribution is 2.31. The molecule has 1 saturated heterocycles. The molecule has 1 aromatic carbocycles. The number of likely N-dealkylation sites (tertiary alicyclic amines) is 1. The molecule has 2 aromatic rings. The Balaban J connectivity index is 1.82. The van der Waals surface area contributed by atoms with E-state index in [4.69, 9.17) is 19.3 Å². The number of likely N-dealkylation sites (N-methyl/N-ethyl adjacent to an activating group) is 2. The topological polar surface area (TPSA) is 180 Å². The summed E-state index contributed by atoms with van der Waals surface area (Å²) >= 11 is 1.23. The van der Waals surface area contributed by atoms with Crippen LogP contribution in [0, 0.1) is 23.7 Å². The zero-order chi connectivity index (χ0) is 45.6. The van der Waals surface area contributed by atoms with Gasteiger partial charge in [0.1, 0.15) is 17.7 Å². The number of aromatic nitrogens is 1. The third-order valence-electron chi connectivity index (χ3n) is 11.9. The maximum atomic E-state index is 14.4. The fourth-order valence-corrected chi connectivity index (χ4v) is 9.36. The Labute approximate surface area is 367 Å². The average Bonchev–Trinajstić information content (AvgIpc) is 3.92. The predicted molar refractivity (Wildman–Crippen MR) is 236 cm³/mol. The molecule has 1 aliphatic rings. The van der Waals surface area contributed by atoms with Gasteiger partial charge in [-0.05, 0) is 56.7 Å². The SMILES string of the molecule is CCC(C)C(C(CC(=O)N1CCC[C@H]1C(OC)C(C)C(=O)NC(Cc1ccccc1)c1nc(C(=O)OCCO)cs1)OC)N(C)C(=O)C(NC(=O)C(C(C)C)N(C)C)C(C)C. The molecule has 9 atom stereocenters. The zero-order valence-corrected chi connectivity index (χ0v) is 39.2. The van der Waals surface area contributed by atoms with Crippen LogP contribution in [-0.4, -0.2) is 146 Å². The number of nitrogens with one attached hydrogen (secondary N) is 2. The Bertz CT molecular complexity index is 1700. The number of carbonyl (C=O) groups excluding carboxylic acids is 5. The minimum atomic E-state index is -0.783. The number of thiazole rings is 1. The van der Waals surface area contributed by atoms with Gasteiger partial charge in [0, 0.05) is 33.2 Å². The van der Waals surface area contributed by atoms with Crippen molar-refractivity contribution in [3.05, 3.63) is 52.0 Å². The molecular weight excluding hydrogens is 801 g/mol. The number of methoxy groups -OCH3 is 2. The summed E-state index contributed by atoms with van der Waals surface area (Å²) in [6.07, 6.45) is 1.18. The first-order valence-corrected chi connectivity index (χ1v) is 22.5. The number of benzene rings is 1. The Morgan fingerprint density at radius 2 is 1.62 bits per heavy atom. The van der Waals surface area contributed by atoms with Crippen molar-refractivity contribution in [1.82, 2.24) is 30.3 Å². The second-order valence-corrected chi connectivity index (χ2v) is 18.0. The van der Waals surface area contributed by atoms with E-state index in [0.29, 0.717) is 24.4 Å². The molecule has 1 aliphatic heterocycles. The lowest BCUT2D eigenvalue weighted by Crippen LogP contribution is -2.59. The largest absolute Gasteiger partial charge is 0.459 e. The molecule has 1 aromatic heterocycles. The molecule has 3 N–H and O–H groups in total. The van der Waals surface area contributed by atoms with Gasteiger partial charge in [0.25, 0.3) is 0 Å². The van der Waals surface area contributed by atoms with E-state index in [1.165, 1.54) is 11.3 Å². The number of aliphatic hydroxyl groups excluding tert-OH is 1. The molecule has 1 fully saturated rings. The van der Waals surface area contributed by atoms with Crippen LogP contribution in [-0.2, 0) is 39.8 Å². The first-order valence-electron chi connectivity index (χ1n) is 21.6. The number of hydrogen-bond acceptors (Lipinski definition) is 12. The van der Waals surface area contributed by atoms with Crippen molar-refractivity contribution in [2.24, 2.45) is 23.7 Å². The van der Waals surface area contributed by atoms with E-state index in [2.05, 4.69) is 15.6 Å². The highest BCUT2D eigenvalue weighted by molar-refractivity contribution is 7.09. The molecule has 15 nitrogen and oxygen atoms in total. The van der Waals surface area contributed by atoms with Crippen molar-refractivity contribution in [2.75, 3.05) is 55.1 Å². The Kier molecular flexibility index (Phi) is 20.7. The second-order valence-electron chi connectivity index (χ2n) is 17.2. The standard InChI is InChI=1S/C45H72N6O9S/c1-13-29(6)39(50(10)44(56)37(27(2)3)48-42(55)38(28(4)5)49(8)9)35(58-11)25-36(53)51-21-17-20-34(51)40(59-12)30(7)41(54)46-32(24-31-18-15-14-16-19-31)43-47-33(26-61-43)45(57)60-23-22-52/h14-16,18-19,26-30,32,34-35,37-40,52H,13,17,20-25H2,1-12H3,(H,46,54)(H,48,55)/t29?,30?,32?,34-,35?,37?,38?,39?,40?/m0/s1. The Morgan fingerprint density at radius 1 is 0.951 bits per heavy atom. The molecule has 4 amide bonds. The smallest absolute Gasteiger partial charge is 0.357 e. The van der Waals surface area contributed by atoms with Crippen LogP contribution < -0.4 is 10.6 Å². The van der Waals surface area contributed by atoms with Gasteiger partial charge in [-0.2, -0.15) is 0 Å². The molecule has 8 unspecified atom stereocenters. The van der Waals surface area contributed by atoms with E-state index in [-0.39, 0.29) is 66.7 Å². The number of rotatable bonds is 24. The summed E-state index contributed by atoms with van der Waals surface area (Å²) in [6, 6.07) is 6.99. The van der Waals surface area contributed by atoms with Gasteiger partial charge < -0.3 is 39.8 Å². The van der Waals surface area contributed by atoms with E-state index in [1.54, 1.807) is 43.4 Å². The predicted octanol–water partition coefficient (Wildman–Crippen LogP) is 4.34. The summed E-state index contributed by atoms with van der Waals surface area (Å²) in [5, 5.41) is 17.4. The maximum Gasteiger partial charge on any atom is 0.357 e. The van der Waals surface area contributed by atoms with Crippen molar-refractivity contribution >= 4 is 40.9 Å². The van der Waals surface area contributed by atoms with Gasteiger partial charge in [0.15, 0.2) is 5.69 Å². The highest BCUT2D eigenvalue weighted by atomic mass is 32.1. The molecule has 16 heteroatoms. The summed E-state index contributed by atoms with van der Waals surface area (Å²) in [4.78, 5) is 78.7. The van der Waals surface area contributed by atoms with Crippen LogP contribution in [0.4, 0.5) is 0 Å². The van der Waals surface area contributed by atoms with Crippen molar-refractivity contribution < 1.29 is 43.3 Å². The number of amides is 4. The van der Waals surface area contributed by atoms with Crippen molar-refractivity contribution in [3.63, 3.8) is 0 Å². The third kappa shape index (κ3) is 13.8. The normalized spacial score (nSPS) is 18.2. The van der Waals surface area contributed by atoms with Crippen LogP contribution in [0.1, 0.15) is 101 Å². The molecule has 3 rings (SSSR count). The zero-order valence-electron chi connectivity index (χ0n) is 38.4. The lowest BCUT2D eigenvalue weighted by Gasteiger charge is -2.41. The van der Waals surface area contributed by atoms with Gasteiger partial charge in [-0.3, -0.25) is 24.1 Å². The number of ether oxygens (including phenoxy) is 3. The first kappa shape index (κ1) is 51.4. The highest BCUT2D eigenvalue weighted by Gasteiger charge is 2.43. The number of hydrogen-bond donors (Lipinski definition) is 3. The third-order valence-corrected chi connectivity index (χ3v) is 12.9. The van der Waals surface area contributed by atoms with Crippen LogP contribution in [0.25, 0.3) is 0 Å². The van der Waals surface area contributed by atoms with E-state index < -0.39 is 54.3 Å². The van der Waals surface area contributed by atoms with Gasteiger partial charge in [0.2, 0.25) is 23.6 Å². The van der Waals surface area contributed by atoms with Crippen LogP contribution in [0.5, 0.6) is 0 Å². The Hall–Kier alpha value is -3.96. The maximum absolute atomic E-state index is 14.4. The molecule has 61 heavy (non-hydrogen) atoms. The average molecular weight is 873 g/mol. The van der Waals surface area contributed by atoms with Gasteiger partial charge in [0.05, 0.1) is 55.3 Å². The number of nitrogens with zero attached hydrogens (tertiary/aromatic N) is 4. The molecule has 0 radical (unpaired) electrons. The summed E-state index contributed by atoms with van der Waals surface area (Å²) in [7, 11) is 8.53. The first-order chi connectivity index (χ1) is 28.9. The lowest BCUT2D eigenvalue weighted by molar-refractivity contribution is -0.148. The van der Waals surface area contributed by atoms with Gasteiger partial charge in [-0.1, -0.05) is 85.2 Å². The van der Waals surface area contributed by atoms with E-state index in [9.17, 15) is 24.0 Å². The fraction of sp³-hybridized carbons (Fsp3) is 0.689. The number of carbonyl (C=O) groups is 5. The van der Waals surface area contributed by atoms with Crippen molar-refractivity contribution in [2.45, 2.75) is 123 Å². The van der Waals surface area contributed by atoms with Crippen LogP contribution in [0.3, 0.4) is 0 Å². The van der Waals surface area contributed by atoms with Crippen molar-refractivity contribution in [1.29, 1.82) is 0 Å². The van der Waals surface area contributed by atoms with E-state index in [1.807, 2.05) is 90.9 Å². The molecule has 0 bridgehead atoms. The summed E-state index contributed by atoms with van der Waals surface area (Å²) in [5.74, 6) is -2.47. The van der Waals surface area contributed by atoms with Gasteiger partial charge in [-0.15, -0.1) is 11.3 Å². The monoisotopic (exact) mass is 873 g/mol. The summed E-state index contributed by atoms with van der Waals surface area (Å²) in [5.41, 5.74) is 1.05. The minimum absolute atomic E-state index is 0.00232. The van der Waals surface area contributed by atoms with Crippen molar-refractivity contribution in [3.8, 4) is 0 Å². The second kappa shape index (κ2) is 24.6. The minimum Gasteiger partial charge on any atom is -0.459 e. The van der Waals surface area contributed by atoms with E-state index >= 15 is 0 Å².